The molecule has 0 fully saturated rings. The molecular weight excluding hydrogens is 557 g/mol. The van der Waals surface area contributed by atoms with Gasteiger partial charge in [-0.25, -0.2) is 9.97 Å². The second-order valence-electron chi connectivity index (χ2n) is 9.23. The van der Waals surface area contributed by atoms with Crippen molar-refractivity contribution in [2.75, 3.05) is 15.5 Å². The maximum Gasteiger partial charge on any atom is 0.265 e. The van der Waals surface area contributed by atoms with Gasteiger partial charge in [0.05, 0.1) is 27.0 Å². The van der Waals surface area contributed by atoms with Crippen molar-refractivity contribution in [3.8, 4) is 11.3 Å². The van der Waals surface area contributed by atoms with Gasteiger partial charge in [-0.1, -0.05) is 65.7 Å². The molecule has 0 saturated heterocycles. The van der Waals surface area contributed by atoms with Crippen LogP contribution in [-0.2, 0) is 4.79 Å². The number of nitrogens with one attached hydrogen (secondary N) is 2. The molecular formula is C32H25Cl2N5O2. The van der Waals surface area contributed by atoms with Gasteiger partial charge < -0.3 is 10.6 Å². The highest BCUT2D eigenvalue weighted by atomic mass is 35.5. The number of benzene rings is 4. The van der Waals surface area contributed by atoms with Gasteiger partial charge in [0.25, 0.3) is 5.91 Å². The number of carbonyl (C=O) groups is 2. The summed E-state index contributed by atoms with van der Waals surface area (Å²) in [5.41, 5.74) is 5.39. The zero-order valence-corrected chi connectivity index (χ0v) is 23.7. The largest absolute Gasteiger partial charge is 0.326 e. The molecule has 0 bridgehead atoms. The standard InChI is InChI=1S/C32H25Cl2N5O2/c1-20-19-35-32(38-30(20)22-14-16-23(17-15-22)36-21(2)40)37-24-8-6-11-26(18-24)39(25-9-4-3-5-10-25)31(41)29-27(33)12-7-13-28(29)34/h3-19H,1-2H3,(H,36,40)(H,35,37,38). The fraction of sp³-hybridized carbons (Fsp3) is 0.0625. The minimum absolute atomic E-state index is 0.132. The average molecular weight is 582 g/mol. The zero-order valence-electron chi connectivity index (χ0n) is 22.2. The third-order valence-corrected chi connectivity index (χ3v) is 6.83. The quantitative estimate of drug-likeness (QED) is 0.201. The Kier molecular flexibility index (Phi) is 8.29. The van der Waals surface area contributed by atoms with E-state index in [9.17, 15) is 9.59 Å². The Morgan fingerprint density at radius 2 is 1.44 bits per heavy atom. The minimum atomic E-state index is -0.361. The number of hydrogen-bond donors (Lipinski definition) is 2. The van der Waals surface area contributed by atoms with E-state index >= 15 is 0 Å². The van der Waals surface area contributed by atoms with Crippen LogP contribution in [0.1, 0.15) is 22.8 Å². The molecule has 0 radical (unpaired) electrons. The molecule has 0 aliphatic rings. The van der Waals surface area contributed by atoms with E-state index in [2.05, 4.69) is 15.6 Å². The monoisotopic (exact) mass is 581 g/mol. The number of halogens is 2. The van der Waals surface area contributed by atoms with Crippen LogP contribution >= 0.6 is 23.2 Å². The molecule has 1 aromatic heterocycles. The number of rotatable bonds is 7. The van der Waals surface area contributed by atoms with Gasteiger partial charge in [0.2, 0.25) is 11.9 Å². The van der Waals surface area contributed by atoms with E-state index < -0.39 is 0 Å². The van der Waals surface area contributed by atoms with Crippen molar-refractivity contribution in [3.63, 3.8) is 0 Å². The molecule has 204 valence electrons. The molecule has 0 aliphatic carbocycles. The summed E-state index contributed by atoms with van der Waals surface area (Å²) in [4.78, 5) is 36.0. The number of aryl methyl sites for hydroxylation is 1. The van der Waals surface area contributed by atoms with E-state index in [0.29, 0.717) is 28.7 Å². The molecule has 0 aliphatic heterocycles. The summed E-state index contributed by atoms with van der Waals surface area (Å²) >= 11 is 12.8. The first-order chi connectivity index (χ1) is 19.8. The van der Waals surface area contributed by atoms with E-state index in [1.165, 1.54) is 6.92 Å². The van der Waals surface area contributed by atoms with E-state index in [1.54, 1.807) is 29.3 Å². The fourth-order valence-electron chi connectivity index (χ4n) is 4.34. The fourth-order valence-corrected chi connectivity index (χ4v) is 4.89. The van der Waals surface area contributed by atoms with Crippen LogP contribution in [0.3, 0.4) is 0 Å². The predicted octanol–water partition coefficient (Wildman–Crippen LogP) is 8.44. The van der Waals surface area contributed by atoms with Crippen LogP contribution in [-0.4, -0.2) is 21.8 Å². The summed E-state index contributed by atoms with van der Waals surface area (Å²) in [6, 6.07) is 29.1. The Morgan fingerprint density at radius 1 is 0.780 bits per heavy atom. The van der Waals surface area contributed by atoms with Gasteiger partial charge >= 0.3 is 0 Å². The summed E-state index contributed by atoms with van der Waals surface area (Å²) in [6.45, 7) is 3.40. The molecule has 4 aromatic carbocycles. The van der Waals surface area contributed by atoms with Gasteiger partial charge in [0.1, 0.15) is 0 Å². The second kappa shape index (κ2) is 12.2. The van der Waals surface area contributed by atoms with Crippen LogP contribution in [0.2, 0.25) is 10.0 Å². The van der Waals surface area contributed by atoms with Crippen LogP contribution in [0.4, 0.5) is 28.7 Å². The first-order valence-electron chi connectivity index (χ1n) is 12.7. The molecule has 2 N–H and O–H groups in total. The predicted molar refractivity (Wildman–Crippen MR) is 166 cm³/mol. The van der Waals surface area contributed by atoms with E-state index in [1.807, 2.05) is 85.8 Å². The van der Waals surface area contributed by atoms with Gasteiger partial charge in [-0.3, -0.25) is 14.5 Å². The number of nitrogens with zero attached hydrogens (tertiary/aromatic N) is 3. The number of anilines is 5. The Labute approximate surface area is 247 Å². The Balaban J connectivity index is 1.47. The summed E-state index contributed by atoms with van der Waals surface area (Å²) in [6.07, 6.45) is 1.75. The third kappa shape index (κ3) is 6.38. The number of amides is 2. The molecule has 9 heteroatoms. The zero-order chi connectivity index (χ0) is 28.9. The Morgan fingerprint density at radius 3 is 2.12 bits per heavy atom. The van der Waals surface area contributed by atoms with Crippen LogP contribution < -0.4 is 15.5 Å². The Hall–Kier alpha value is -4.72. The van der Waals surface area contributed by atoms with Crippen molar-refractivity contribution in [2.45, 2.75) is 13.8 Å². The van der Waals surface area contributed by atoms with Crippen molar-refractivity contribution >= 4 is 63.7 Å². The number of hydrogen-bond acceptors (Lipinski definition) is 5. The molecule has 1 heterocycles. The summed E-state index contributed by atoms with van der Waals surface area (Å²) in [7, 11) is 0. The van der Waals surface area contributed by atoms with Crippen molar-refractivity contribution < 1.29 is 9.59 Å². The lowest BCUT2D eigenvalue weighted by Crippen LogP contribution is -2.26. The van der Waals surface area contributed by atoms with E-state index in [4.69, 9.17) is 28.2 Å². The van der Waals surface area contributed by atoms with Crippen molar-refractivity contribution in [3.05, 3.63) is 124 Å². The third-order valence-electron chi connectivity index (χ3n) is 6.21. The number of aromatic nitrogens is 2. The Bertz CT molecular complexity index is 1710. The van der Waals surface area contributed by atoms with Crippen LogP contribution in [0.5, 0.6) is 0 Å². The molecule has 2 amide bonds. The molecule has 5 aromatic rings. The molecule has 5 rings (SSSR count). The maximum absolute atomic E-state index is 13.9. The average Bonchev–Trinajstić information content (AvgIpc) is 2.95. The number of carbonyl (C=O) groups excluding carboxylic acids is 2. The lowest BCUT2D eigenvalue weighted by atomic mass is 10.1. The number of para-hydroxylation sites is 1. The van der Waals surface area contributed by atoms with Gasteiger partial charge in [0.15, 0.2) is 0 Å². The van der Waals surface area contributed by atoms with Crippen molar-refractivity contribution in [1.82, 2.24) is 9.97 Å². The van der Waals surface area contributed by atoms with E-state index in [0.717, 1.165) is 16.8 Å². The van der Waals surface area contributed by atoms with Gasteiger partial charge in [-0.05, 0) is 67.1 Å². The molecule has 0 unspecified atom stereocenters. The molecule has 0 saturated carbocycles. The van der Waals surface area contributed by atoms with Crippen LogP contribution in [0.25, 0.3) is 11.3 Å². The van der Waals surface area contributed by atoms with E-state index in [-0.39, 0.29) is 27.4 Å². The van der Waals surface area contributed by atoms with Crippen molar-refractivity contribution in [1.29, 1.82) is 0 Å². The molecule has 7 nitrogen and oxygen atoms in total. The van der Waals surface area contributed by atoms with Crippen LogP contribution in [0.15, 0.2) is 103 Å². The first kappa shape index (κ1) is 27.8. The first-order valence-corrected chi connectivity index (χ1v) is 13.5. The summed E-state index contributed by atoms with van der Waals surface area (Å²) in [5.74, 6) is -0.104. The smallest absolute Gasteiger partial charge is 0.265 e. The molecule has 0 spiro atoms. The minimum Gasteiger partial charge on any atom is -0.326 e. The highest BCUT2D eigenvalue weighted by Gasteiger charge is 2.24. The maximum atomic E-state index is 13.9. The van der Waals surface area contributed by atoms with Gasteiger partial charge in [-0.2, -0.15) is 0 Å². The van der Waals surface area contributed by atoms with Gasteiger partial charge in [0, 0.05) is 35.7 Å². The van der Waals surface area contributed by atoms with Crippen molar-refractivity contribution in [2.24, 2.45) is 0 Å². The lowest BCUT2D eigenvalue weighted by molar-refractivity contribution is -0.114. The van der Waals surface area contributed by atoms with Crippen LogP contribution in [0, 0.1) is 6.92 Å². The normalized spacial score (nSPS) is 10.6. The lowest BCUT2D eigenvalue weighted by Gasteiger charge is -2.24. The molecule has 0 atom stereocenters. The topological polar surface area (TPSA) is 87.2 Å². The SMILES string of the molecule is CC(=O)Nc1ccc(-c2nc(Nc3cccc(N(C(=O)c4c(Cl)cccc4Cl)c4ccccc4)c3)ncc2C)cc1. The second-order valence-corrected chi connectivity index (χ2v) is 10.0. The summed E-state index contributed by atoms with van der Waals surface area (Å²) in [5, 5.41) is 6.56. The summed E-state index contributed by atoms with van der Waals surface area (Å²) < 4.78 is 0. The molecule has 41 heavy (non-hydrogen) atoms. The highest BCUT2D eigenvalue weighted by molar-refractivity contribution is 6.40. The highest BCUT2D eigenvalue weighted by Crippen LogP contribution is 2.34. The van der Waals surface area contributed by atoms with Gasteiger partial charge in [-0.15, -0.1) is 0 Å².